The van der Waals surface area contributed by atoms with Gasteiger partial charge in [0.05, 0.1) is 11.6 Å². The number of hydrogen-bond acceptors (Lipinski definition) is 2. The van der Waals surface area contributed by atoms with Crippen molar-refractivity contribution in [1.29, 1.82) is 0 Å². The number of ether oxygens (including phenoxy) is 1. The molecule has 1 aromatic carbocycles. The maximum absolute atomic E-state index is 13.0. The standard InChI is InChI=1S/C13H13ClF2O2/c14-11-5-9(7-17)1-2-12(11)18-8-10-3-4-13(15,16)6-10/h1-2,5,7,10H,3-4,6,8H2. The molecule has 1 saturated carbocycles. The number of aldehydes is 1. The van der Waals surface area contributed by atoms with Gasteiger partial charge in [-0.3, -0.25) is 4.79 Å². The number of carbonyl (C=O) groups excluding carboxylic acids is 1. The van der Waals surface area contributed by atoms with Crippen molar-refractivity contribution < 1.29 is 18.3 Å². The van der Waals surface area contributed by atoms with Gasteiger partial charge in [0.2, 0.25) is 5.92 Å². The molecule has 0 radical (unpaired) electrons. The van der Waals surface area contributed by atoms with Crippen LogP contribution < -0.4 is 4.74 Å². The van der Waals surface area contributed by atoms with Crippen LogP contribution in [-0.4, -0.2) is 18.8 Å². The zero-order valence-corrected chi connectivity index (χ0v) is 10.4. The summed E-state index contributed by atoms with van der Waals surface area (Å²) >= 11 is 5.92. The lowest BCUT2D eigenvalue weighted by atomic mass is 10.1. The summed E-state index contributed by atoms with van der Waals surface area (Å²) in [6.45, 7) is 0.232. The summed E-state index contributed by atoms with van der Waals surface area (Å²) in [7, 11) is 0. The lowest BCUT2D eigenvalue weighted by Crippen LogP contribution is -2.14. The first-order valence-corrected chi connectivity index (χ1v) is 6.13. The Kier molecular flexibility index (Phi) is 3.85. The number of carbonyl (C=O) groups is 1. The third-order valence-corrected chi connectivity index (χ3v) is 3.37. The molecule has 0 saturated heterocycles. The number of benzene rings is 1. The van der Waals surface area contributed by atoms with Crippen molar-refractivity contribution in [3.63, 3.8) is 0 Å². The molecule has 98 valence electrons. The molecule has 2 nitrogen and oxygen atoms in total. The topological polar surface area (TPSA) is 26.3 Å². The molecule has 2 rings (SSSR count). The highest BCUT2D eigenvalue weighted by atomic mass is 35.5. The maximum Gasteiger partial charge on any atom is 0.248 e. The van der Waals surface area contributed by atoms with Crippen LogP contribution >= 0.6 is 11.6 Å². The molecule has 0 bridgehead atoms. The SMILES string of the molecule is O=Cc1ccc(OCC2CCC(F)(F)C2)c(Cl)c1. The van der Waals surface area contributed by atoms with Crippen LogP contribution in [0.5, 0.6) is 5.75 Å². The summed E-state index contributed by atoms with van der Waals surface area (Å²) < 4.78 is 31.4. The number of rotatable bonds is 4. The molecule has 1 fully saturated rings. The Balaban J connectivity index is 1.93. The van der Waals surface area contributed by atoms with E-state index in [2.05, 4.69) is 0 Å². The molecule has 0 heterocycles. The van der Waals surface area contributed by atoms with Gasteiger partial charge in [-0.2, -0.15) is 0 Å². The molecule has 0 N–H and O–H groups in total. The van der Waals surface area contributed by atoms with E-state index < -0.39 is 5.92 Å². The van der Waals surface area contributed by atoms with Crippen LogP contribution in [0.2, 0.25) is 5.02 Å². The fraction of sp³-hybridized carbons (Fsp3) is 0.462. The fourth-order valence-corrected chi connectivity index (χ4v) is 2.34. The molecule has 1 unspecified atom stereocenters. The molecular formula is C13H13ClF2O2. The van der Waals surface area contributed by atoms with Crippen LogP contribution in [0.3, 0.4) is 0 Å². The molecular weight excluding hydrogens is 262 g/mol. The minimum absolute atomic E-state index is 0.0706. The first-order chi connectivity index (χ1) is 8.50. The second-order valence-electron chi connectivity index (χ2n) is 4.58. The molecule has 0 amide bonds. The number of alkyl halides is 2. The zero-order valence-electron chi connectivity index (χ0n) is 9.67. The van der Waals surface area contributed by atoms with Gasteiger partial charge in [-0.25, -0.2) is 8.78 Å². The molecule has 0 spiro atoms. The van der Waals surface area contributed by atoms with E-state index in [-0.39, 0.29) is 25.4 Å². The Morgan fingerprint density at radius 2 is 2.28 bits per heavy atom. The van der Waals surface area contributed by atoms with E-state index in [0.717, 1.165) is 0 Å². The predicted molar refractivity (Wildman–Crippen MR) is 64.6 cm³/mol. The van der Waals surface area contributed by atoms with Gasteiger partial charge < -0.3 is 4.74 Å². The average Bonchev–Trinajstić information content (AvgIpc) is 2.67. The van der Waals surface area contributed by atoms with Crippen molar-refractivity contribution in [2.75, 3.05) is 6.61 Å². The van der Waals surface area contributed by atoms with E-state index in [1.165, 1.54) is 6.07 Å². The van der Waals surface area contributed by atoms with Crippen LogP contribution in [0, 0.1) is 5.92 Å². The monoisotopic (exact) mass is 274 g/mol. The van der Waals surface area contributed by atoms with Crippen LogP contribution in [0.1, 0.15) is 29.6 Å². The van der Waals surface area contributed by atoms with E-state index in [4.69, 9.17) is 16.3 Å². The predicted octanol–water partition coefficient (Wildman–Crippen LogP) is 3.97. The second-order valence-corrected chi connectivity index (χ2v) is 4.99. The Morgan fingerprint density at radius 3 is 2.83 bits per heavy atom. The minimum atomic E-state index is -2.56. The van der Waals surface area contributed by atoms with Gasteiger partial charge in [0.25, 0.3) is 0 Å². The van der Waals surface area contributed by atoms with Gasteiger partial charge in [-0.05, 0) is 30.5 Å². The highest BCUT2D eigenvalue weighted by Gasteiger charge is 2.39. The van der Waals surface area contributed by atoms with E-state index in [9.17, 15) is 13.6 Å². The van der Waals surface area contributed by atoms with Gasteiger partial charge in [0.15, 0.2) is 0 Å². The van der Waals surface area contributed by atoms with Crippen molar-refractivity contribution in [3.05, 3.63) is 28.8 Å². The first kappa shape index (κ1) is 13.3. The van der Waals surface area contributed by atoms with Crippen LogP contribution in [0.15, 0.2) is 18.2 Å². The van der Waals surface area contributed by atoms with E-state index in [0.29, 0.717) is 29.0 Å². The van der Waals surface area contributed by atoms with Gasteiger partial charge in [-0.15, -0.1) is 0 Å². The van der Waals surface area contributed by atoms with Crippen LogP contribution in [0.4, 0.5) is 8.78 Å². The Hall–Kier alpha value is -1.16. The zero-order chi connectivity index (χ0) is 13.2. The Morgan fingerprint density at radius 1 is 1.50 bits per heavy atom. The first-order valence-electron chi connectivity index (χ1n) is 5.75. The van der Waals surface area contributed by atoms with Gasteiger partial charge >= 0.3 is 0 Å². The Labute approximate surface area is 109 Å². The number of hydrogen-bond donors (Lipinski definition) is 0. The third kappa shape index (κ3) is 3.19. The molecule has 0 aliphatic heterocycles. The van der Waals surface area contributed by atoms with Crippen molar-refractivity contribution in [1.82, 2.24) is 0 Å². The lowest BCUT2D eigenvalue weighted by Gasteiger charge is -2.13. The largest absolute Gasteiger partial charge is 0.492 e. The molecule has 18 heavy (non-hydrogen) atoms. The molecule has 5 heteroatoms. The van der Waals surface area contributed by atoms with Crippen LogP contribution in [0.25, 0.3) is 0 Å². The van der Waals surface area contributed by atoms with Crippen LogP contribution in [-0.2, 0) is 0 Å². The van der Waals surface area contributed by atoms with E-state index in [1.807, 2.05) is 0 Å². The summed E-state index contributed by atoms with van der Waals surface area (Å²) in [4.78, 5) is 10.5. The van der Waals surface area contributed by atoms with Crippen molar-refractivity contribution in [2.45, 2.75) is 25.2 Å². The van der Waals surface area contributed by atoms with Crippen molar-refractivity contribution >= 4 is 17.9 Å². The number of halogens is 3. The third-order valence-electron chi connectivity index (χ3n) is 3.07. The van der Waals surface area contributed by atoms with Crippen molar-refractivity contribution in [2.24, 2.45) is 5.92 Å². The normalized spacial score (nSPS) is 21.8. The molecule has 1 aromatic rings. The maximum atomic E-state index is 13.0. The second kappa shape index (κ2) is 5.22. The summed E-state index contributed by atoms with van der Waals surface area (Å²) in [5.74, 6) is -2.27. The highest BCUT2D eigenvalue weighted by Crippen LogP contribution is 2.39. The van der Waals surface area contributed by atoms with E-state index >= 15 is 0 Å². The summed E-state index contributed by atoms with van der Waals surface area (Å²) in [5, 5.41) is 0.323. The Bertz CT molecular complexity index is 449. The smallest absolute Gasteiger partial charge is 0.248 e. The van der Waals surface area contributed by atoms with Gasteiger partial charge in [0.1, 0.15) is 12.0 Å². The average molecular weight is 275 g/mol. The summed E-state index contributed by atoms with van der Waals surface area (Å²) in [5.41, 5.74) is 0.458. The molecule has 1 atom stereocenters. The summed E-state index contributed by atoms with van der Waals surface area (Å²) in [6, 6.07) is 4.66. The molecule has 0 aromatic heterocycles. The van der Waals surface area contributed by atoms with Crippen molar-refractivity contribution in [3.8, 4) is 5.75 Å². The fourth-order valence-electron chi connectivity index (χ4n) is 2.10. The molecule has 1 aliphatic rings. The van der Waals surface area contributed by atoms with Gasteiger partial charge in [-0.1, -0.05) is 11.6 Å². The highest BCUT2D eigenvalue weighted by molar-refractivity contribution is 6.32. The minimum Gasteiger partial charge on any atom is -0.492 e. The quantitative estimate of drug-likeness (QED) is 0.777. The lowest BCUT2D eigenvalue weighted by molar-refractivity contribution is 0.00292. The molecule has 1 aliphatic carbocycles. The van der Waals surface area contributed by atoms with Gasteiger partial charge in [0, 0.05) is 18.4 Å². The van der Waals surface area contributed by atoms with E-state index in [1.54, 1.807) is 12.1 Å². The summed E-state index contributed by atoms with van der Waals surface area (Å²) in [6.07, 6.45) is 0.958.